The van der Waals surface area contributed by atoms with Gasteiger partial charge >= 0.3 is 5.97 Å². The van der Waals surface area contributed by atoms with Crippen molar-refractivity contribution in [3.63, 3.8) is 0 Å². The van der Waals surface area contributed by atoms with Crippen LogP contribution in [0.1, 0.15) is 21.5 Å². The normalized spacial score (nSPS) is 10.3. The molecule has 0 saturated carbocycles. The monoisotopic (exact) mass is 284 g/mol. The number of nitrogens with zero attached hydrogens (tertiary/aromatic N) is 1. The van der Waals surface area contributed by atoms with Crippen molar-refractivity contribution in [1.82, 2.24) is 0 Å². The van der Waals surface area contributed by atoms with E-state index in [1.54, 1.807) is 19.1 Å². The van der Waals surface area contributed by atoms with Gasteiger partial charge in [0.2, 0.25) is 0 Å². The van der Waals surface area contributed by atoms with Crippen LogP contribution in [-0.4, -0.2) is 25.2 Å². The Bertz CT molecular complexity index is 678. The molecule has 0 radical (unpaired) electrons. The maximum atomic E-state index is 11.0. The summed E-state index contributed by atoms with van der Waals surface area (Å²) in [6.07, 6.45) is 0. The van der Waals surface area contributed by atoms with Crippen LogP contribution in [0, 0.1) is 13.8 Å². The molecule has 0 aliphatic rings. The van der Waals surface area contributed by atoms with Gasteiger partial charge in [0.05, 0.1) is 5.56 Å². The molecule has 0 aliphatic heterocycles. The third-order valence-electron chi connectivity index (χ3n) is 3.44. The van der Waals surface area contributed by atoms with Gasteiger partial charge < -0.3 is 15.3 Å². The van der Waals surface area contributed by atoms with E-state index in [2.05, 4.69) is 29.3 Å². The molecule has 2 aromatic rings. The van der Waals surface area contributed by atoms with Gasteiger partial charge in [-0.2, -0.15) is 0 Å². The van der Waals surface area contributed by atoms with Crippen LogP contribution in [0.4, 0.5) is 17.1 Å². The Morgan fingerprint density at radius 2 is 1.62 bits per heavy atom. The van der Waals surface area contributed by atoms with Crippen molar-refractivity contribution in [3.8, 4) is 0 Å². The van der Waals surface area contributed by atoms with Gasteiger partial charge in [-0.25, -0.2) is 4.79 Å². The highest BCUT2D eigenvalue weighted by Crippen LogP contribution is 2.26. The molecule has 0 aromatic heterocycles. The van der Waals surface area contributed by atoms with E-state index >= 15 is 0 Å². The largest absolute Gasteiger partial charge is 0.478 e. The van der Waals surface area contributed by atoms with Crippen LogP contribution < -0.4 is 10.2 Å². The topological polar surface area (TPSA) is 52.6 Å². The molecule has 4 nitrogen and oxygen atoms in total. The van der Waals surface area contributed by atoms with Crippen molar-refractivity contribution in [1.29, 1.82) is 0 Å². The lowest BCUT2D eigenvalue weighted by Crippen LogP contribution is -2.10. The molecular weight excluding hydrogens is 264 g/mol. The van der Waals surface area contributed by atoms with Crippen molar-refractivity contribution < 1.29 is 9.90 Å². The van der Waals surface area contributed by atoms with Gasteiger partial charge in [0, 0.05) is 31.2 Å². The first kappa shape index (κ1) is 14.9. The van der Waals surface area contributed by atoms with E-state index in [-0.39, 0.29) is 0 Å². The fourth-order valence-corrected chi connectivity index (χ4v) is 2.32. The van der Waals surface area contributed by atoms with Gasteiger partial charge in [0.25, 0.3) is 0 Å². The Morgan fingerprint density at radius 3 is 2.19 bits per heavy atom. The zero-order chi connectivity index (χ0) is 15.6. The predicted octanol–water partition coefficient (Wildman–Crippen LogP) is 3.81. The lowest BCUT2D eigenvalue weighted by molar-refractivity contribution is 0.0696. The number of aryl methyl sites for hydroxylation is 2. The zero-order valence-corrected chi connectivity index (χ0v) is 12.8. The number of anilines is 3. The van der Waals surface area contributed by atoms with Crippen LogP contribution in [0.5, 0.6) is 0 Å². The van der Waals surface area contributed by atoms with Crippen LogP contribution >= 0.6 is 0 Å². The van der Waals surface area contributed by atoms with E-state index in [0.717, 1.165) is 22.6 Å². The number of hydrogen-bond acceptors (Lipinski definition) is 3. The number of carboxylic acids is 1. The van der Waals surface area contributed by atoms with Gasteiger partial charge in [0.1, 0.15) is 0 Å². The molecule has 4 heteroatoms. The number of rotatable bonds is 4. The minimum Gasteiger partial charge on any atom is -0.478 e. The Hall–Kier alpha value is -2.49. The van der Waals surface area contributed by atoms with E-state index in [1.165, 1.54) is 5.56 Å². The highest BCUT2D eigenvalue weighted by atomic mass is 16.4. The Kier molecular flexibility index (Phi) is 4.17. The second kappa shape index (κ2) is 5.87. The van der Waals surface area contributed by atoms with Gasteiger partial charge in [0.15, 0.2) is 0 Å². The third-order valence-corrected chi connectivity index (χ3v) is 3.44. The molecule has 2 aromatic carbocycles. The van der Waals surface area contributed by atoms with Crippen molar-refractivity contribution in [2.24, 2.45) is 0 Å². The van der Waals surface area contributed by atoms with E-state index in [4.69, 9.17) is 5.11 Å². The second-order valence-electron chi connectivity index (χ2n) is 5.36. The Balaban J connectivity index is 2.28. The molecule has 0 bridgehead atoms. The third kappa shape index (κ3) is 3.34. The number of carbonyl (C=O) groups is 1. The summed E-state index contributed by atoms with van der Waals surface area (Å²) >= 11 is 0. The predicted molar refractivity (Wildman–Crippen MR) is 86.9 cm³/mol. The summed E-state index contributed by atoms with van der Waals surface area (Å²) in [5, 5.41) is 12.4. The molecule has 0 spiro atoms. The molecule has 21 heavy (non-hydrogen) atoms. The highest BCUT2D eigenvalue weighted by Gasteiger charge is 2.08. The van der Waals surface area contributed by atoms with Crippen LogP contribution in [-0.2, 0) is 0 Å². The molecule has 0 atom stereocenters. The fourth-order valence-electron chi connectivity index (χ4n) is 2.32. The van der Waals surface area contributed by atoms with E-state index in [0.29, 0.717) is 5.56 Å². The van der Waals surface area contributed by atoms with Gasteiger partial charge in [-0.1, -0.05) is 6.07 Å². The number of benzene rings is 2. The van der Waals surface area contributed by atoms with E-state index in [1.807, 2.05) is 26.2 Å². The van der Waals surface area contributed by atoms with Crippen LogP contribution in [0.3, 0.4) is 0 Å². The second-order valence-corrected chi connectivity index (χ2v) is 5.36. The first-order valence-electron chi connectivity index (χ1n) is 6.77. The minimum absolute atomic E-state index is 0.332. The summed E-state index contributed by atoms with van der Waals surface area (Å²) in [7, 11) is 4.02. The van der Waals surface area contributed by atoms with Crippen LogP contribution in [0.15, 0.2) is 36.4 Å². The number of carboxylic acid groups (broad SMARTS) is 1. The SMILES string of the molecule is Cc1cc(Nc2ccc(C)c(N(C)C)c2)ccc1C(=O)O. The number of hydrogen-bond donors (Lipinski definition) is 2. The van der Waals surface area contributed by atoms with Crippen molar-refractivity contribution >= 4 is 23.0 Å². The molecule has 0 aliphatic carbocycles. The molecule has 0 amide bonds. The minimum atomic E-state index is -0.899. The Labute approximate surface area is 125 Å². The molecule has 110 valence electrons. The average molecular weight is 284 g/mol. The standard InChI is InChI=1S/C17H20N2O2/c1-11-5-6-14(10-16(11)19(3)4)18-13-7-8-15(17(20)21)12(2)9-13/h5-10,18H,1-4H3,(H,20,21). The lowest BCUT2D eigenvalue weighted by Gasteiger charge is -2.17. The summed E-state index contributed by atoms with van der Waals surface area (Å²) in [4.78, 5) is 13.1. The maximum Gasteiger partial charge on any atom is 0.335 e. The zero-order valence-electron chi connectivity index (χ0n) is 12.8. The van der Waals surface area contributed by atoms with Crippen molar-refractivity contribution in [2.45, 2.75) is 13.8 Å². The molecule has 2 N–H and O–H groups in total. The average Bonchev–Trinajstić information content (AvgIpc) is 2.40. The summed E-state index contributed by atoms with van der Waals surface area (Å²) in [6, 6.07) is 11.4. The van der Waals surface area contributed by atoms with Crippen LogP contribution in [0.2, 0.25) is 0 Å². The molecule has 2 rings (SSSR count). The molecule has 0 unspecified atom stereocenters. The summed E-state index contributed by atoms with van der Waals surface area (Å²) < 4.78 is 0. The lowest BCUT2D eigenvalue weighted by atomic mass is 10.1. The first-order chi connectivity index (χ1) is 9.88. The fraction of sp³-hybridized carbons (Fsp3) is 0.235. The molecule has 0 heterocycles. The van der Waals surface area contributed by atoms with Gasteiger partial charge in [-0.3, -0.25) is 0 Å². The van der Waals surface area contributed by atoms with Gasteiger partial charge in [-0.05, 0) is 55.3 Å². The summed E-state index contributed by atoms with van der Waals surface area (Å²) in [6.45, 7) is 3.87. The summed E-state index contributed by atoms with van der Waals surface area (Å²) in [5.74, 6) is -0.899. The van der Waals surface area contributed by atoms with Crippen LogP contribution in [0.25, 0.3) is 0 Å². The van der Waals surface area contributed by atoms with E-state index in [9.17, 15) is 4.79 Å². The van der Waals surface area contributed by atoms with Crippen molar-refractivity contribution in [3.05, 3.63) is 53.1 Å². The smallest absolute Gasteiger partial charge is 0.335 e. The number of aromatic carboxylic acids is 1. The molecule has 0 fully saturated rings. The highest BCUT2D eigenvalue weighted by molar-refractivity contribution is 5.90. The quantitative estimate of drug-likeness (QED) is 0.896. The molecular formula is C17H20N2O2. The number of nitrogens with one attached hydrogen (secondary N) is 1. The first-order valence-corrected chi connectivity index (χ1v) is 6.77. The van der Waals surface area contributed by atoms with Crippen molar-refractivity contribution in [2.75, 3.05) is 24.3 Å². The Morgan fingerprint density at radius 1 is 1.00 bits per heavy atom. The molecule has 0 saturated heterocycles. The van der Waals surface area contributed by atoms with E-state index < -0.39 is 5.97 Å². The maximum absolute atomic E-state index is 11.0. The van der Waals surface area contributed by atoms with Gasteiger partial charge in [-0.15, -0.1) is 0 Å². The summed E-state index contributed by atoms with van der Waals surface area (Å²) in [5.41, 5.74) is 5.30.